The van der Waals surface area contributed by atoms with Crippen LogP contribution in [0.5, 0.6) is 0 Å². The van der Waals surface area contributed by atoms with Crippen molar-refractivity contribution in [3.8, 4) is 0 Å². The summed E-state index contributed by atoms with van der Waals surface area (Å²) in [7, 11) is -3.95. The summed E-state index contributed by atoms with van der Waals surface area (Å²) in [6.07, 6.45) is 19.9. The van der Waals surface area contributed by atoms with Gasteiger partial charge in [0.2, 0.25) is 0 Å². The van der Waals surface area contributed by atoms with Crippen LogP contribution in [0.15, 0.2) is 0 Å². The second-order valence-corrected chi connectivity index (χ2v) is 9.84. The predicted molar refractivity (Wildman–Crippen MR) is 115 cm³/mol. The number of phosphoric ester groups is 1. The third-order valence-electron chi connectivity index (χ3n) is 5.68. The molecule has 1 aliphatic carbocycles. The number of phosphoric acid groups is 1. The van der Waals surface area contributed by atoms with Gasteiger partial charge in [0.1, 0.15) is 0 Å². The lowest BCUT2D eigenvalue weighted by molar-refractivity contribution is 0.0398. The summed E-state index contributed by atoms with van der Waals surface area (Å²) < 4.78 is 22.3. The summed E-state index contributed by atoms with van der Waals surface area (Å²) in [6, 6.07) is 0. The summed E-state index contributed by atoms with van der Waals surface area (Å²) in [4.78, 5) is 9.79. The molecule has 1 rings (SSSR count). The molecule has 0 aromatic rings. The molecule has 0 aromatic heterocycles. The molecule has 2 N–H and O–H groups in total. The van der Waals surface area contributed by atoms with E-state index in [9.17, 15) is 14.6 Å². The van der Waals surface area contributed by atoms with E-state index in [0.29, 0.717) is 25.7 Å². The molecule has 1 saturated carbocycles. The molecule has 1 aliphatic rings. The zero-order valence-electron chi connectivity index (χ0n) is 18.2. The van der Waals surface area contributed by atoms with Gasteiger partial charge in [0.05, 0.1) is 18.8 Å². The van der Waals surface area contributed by atoms with Gasteiger partial charge < -0.3 is 10.00 Å². The number of hydrogen-bond acceptors (Lipinski definition) is 4. The Kier molecular flexibility index (Phi) is 15.7. The molecule has 0 bridgehead atoms. The Morgan fingerprint density at radius 3 is 1.64 bits per heavy atom. The minimum Gasteiger partial charge on any atom is -0.393 e. The lowest BCUT2D eigenvalue weighted by atomic mass is 9.95. The van der Waals surface area contributed by atoms with Crippen LogP contribution >= 0.6 is 7.82 Å². The average molecular weight is 421 g/mol. The van der Waals surface area contributed by atoms with Gasteiger partial charge in [0, 0.05) is 0 Å². The van der Waals surface area contributed by atoms with Crippen LogP contribution in [-0.2, 0) is 13.6 Å². The Morgan fingerprint density at radius 2 is 1.18 bits per heavy atom. The van der Waals surface area contributed by atoms with Gasteiger partial charge in [-0.25, -0.2) is 4.57 Å². The van der Waals surface area contributed by atoms with Gasteiger partial charge in [0.15, 0.2) is 0 Å². The highest BCUT2D eigenvalue weighted by atomic mass is 31.2. The quantitative estimate of drug-likeness (QED) is 0.186. The number of aliphatic hydroxyl groups excluding tert-OH is 1. The molecule has 28 heavy (non-hydrogen) atoms. The Hall–Kier alpha value is 0.0700. The summed E-state index contributed by atoms with van der Waals surface area (Å²) in [6.45, 7) is 2.54. The number of aliphatic hydroxyl groups is 1. The molecule has 0 amide bonds. The van der Waals surface area contributed by atoms with Crippen molar-refractivity contribution < 1.29 is 23.6 Å². The van der Waals surface area contributed by atoms with E-state index in [1.165, 1.54) is 70.6 Å². The second-order valence-electron chi connectivity index (χ2n) is 8.43. The Balaban J connectivity index is 1.84. The highest BCUT2D eigenvalue weighted by Gasteiger charge is 2.29. The molecule has 0 heterocycles. The first kappa shape index (κ1) is 26.1. The van der Waals surface area contributed by atoms with Crippen LogP contribution in [0.2, 0.25) is 0 Å². The van der Waals surface area contributed by atoms with Crippen LogP contribution in [0, 0.1) is 0 Å². The largest absolute Gasteiger partial charge is 0.472 e. The van der Waals surface area contributed by atoms with E-state index in [1.807, 2.05) is 0 Å². The van der Waals surface area contributed by atoms with E-state index >= 15 is 0 Å². The van der Waals surface area contributed by atoms with Crippen molar-refractivity contribution in [2.45, 2.75) is 135 Å². The lowest BCUT2D eigenvalue weighted by Gasteiger charge is -2.26. The predicted octanol–water partition coefficient (Wildman–Crippen LogP) is 6.90. The molecule has 168 valence electrons. The molecule has 0 saturated heterocycles. The van der Waals surface area contributed by atoms with Gasteiger partial charge in [0.25, 0.3) is 0 Å². The van der Waals surface area contributed by atoms with Gasteiger partial charge in [-0.05, 0) is 32.1 Å². The van der Waals surface area contributed by atoms with Crippen LogP contribution in [0.1, 0.15) is 122 Å². The van der Waals surface area contributed by atoms with E-state index in [2.05, 4.69) is 6.92 Å². The minimum atomic E-state index is -3.95. The summed E-state index contributed by atoms with van der Waals surface area (Å²) >= 11 is 0. The molecule has 0 spiro atoms. The van der Waals surface area contributed by atoms with Crippen molar-refractivity contribution in [2.24, 2.45) is 0 Å². The SMILES string of the molecule is CCCCCCCCCCCCCCCCOP(=O)(O)OC1CCC(O)CC1. The minimum absolute atomic E-state index is 0.268. The van der Waals surface area contributed by atoms with Gasteiger partial charge >= 0.3 is 7.82 Å². The van der Waals surface area contributed by atoms with Gasteiger partial charge in [-0.2, -0.15) is 0 Å². The van der Waals surface area contributed by atoms with E-state index in [0.717, 1.165) is 19.3 Å². The molecule has 1 fully saturated rings. The van der Waals surface area contributed by atoms with Crippen LogP contribution in [0.3, 0.4) is 0 Å². The van der Waals surface area contributed by atoms with E-state index in [1.54, 1.807) is 0 Å². The van der Waals surface area contributed by atoms with Crippen molar-refractivity contribution >= 4 is 7.82 Å². The van der Waals surface area contributed by atoms with Gasteiger partial charge in [-0.1, -0.05) is 90.4 Å². The number of unbranched alkanes of at least 4 members (excludes halogenated alkanes) is 13. The number of rotatable bonds is 18. The molecule has 5 nitrogen and oxygen atoms in total. The maximum absolute atomic E-state index is 11.9. The monoisotopic (exact) mass is 420 g/mol. The normalized spacial score (nSPS) is 22.2. The maximum atomic E-state index is 11.9. The van der Waals surface area contributed by atoms with Crippen LogP contribution < -0.4 is 0 Å². The smallest absolute Gasteiger partial charge is 0.393 e. The van der Waals surface area contributed by atoms with Gasteiger partial charge in [-0.15, -0.1) is 0 Å². The fraction of sp³-hybridized carbons (Fsp3) is 1.00. The highest BCUT2D eigenvalue weighted by molar-refractivity contribution is 7.47. The number of hydrogen-bond donors (Lipinski definition) is 2. The van der Waals surface area contributed by atoms with Crippen molar-refractivity contribution in [3.05, 3.63) is 0 Å². The van der Waals surface area contributed by atoms with Crippen LogP contribution in [0.25, 0.3) is 0 Å². The first-order valence-electron chi connectivity index (χ1n) is 11.9. The first-order valence-corrected chi connectivity index (χ1v) is 13.4. The molecule has 1 atom stereocenters. The average Bonchev–Trinajstić information content (AvgIpc) is 2.66. The van der Waals surface area contributed by atoms with Crippen molar-refractivity contribution in [3.63, 3.8) is 0 Å². The Labute approximate surface area is 173 Å². The molecule has 0 aromatic carbocycles. The van der Waals surface area contributed by atoms with Gasteiger partial charge in [-0.3, -0.25) is 9.05 Å². The van der Waals surface area contributed by atoms with E-state index in [-0.39, 0.29) is 18.8 Å². The van der Waals surface area contributed by atoms with E-state index < -0.39 is 7.82 Å². The molecular weight excluding hydrogens is 375 g/mol. The van der Waals surface area contributed by atoms with Crippen molar-refractivity contribution in [2.75, 3.05) is 6.61 Å². The summed E-state index contributed by atoms with van der Waals surface area (Å²) in [5.74, 6) is 0. The van der Waals surface area contributed by atoms with Crippen LogP contribution in [-0.4, -0.2) is 28.8 Å². The zero-order valence-corrected chi connectivity index (χ0v) is 19.1. The third kappa shape index (κ3) is 15.0. The molecule has 1 unspecified atom stereocenters. The topological polar surface area (TPSA) is 76.0 Å². The molecular formula is C22H45O5P. The highest BCUT2D eigenvalue weighted by Crippen LogP contribution is 2.46. The lowest BCUT2D eigenvalue weighted by Crippen LogP contribution is -2.23. The van der Waals surface area contributed by atoms with E-state index in [4.69, 9.17) is 9.05 Å². The Bertz CT molecular complexity index is 396. The van der Waals surface area contributed by atoms with Crippen molar-refractivity contribution in [1.29, 1.82) is 0 Å². The zero-order chi connectivity index (χ0) is 20.5. The van der Waals surface area contributed by atoms with Crippen LogP contribution in [0.4, 0.5) is 0 Å². The first-order chi connectivity index (χ1) is 13.5. The summed E-state index contributed by atoms with van der Waals surface area (Å²) in [5, 5.41) is 9.46. The third-order valence-corrected chi connectivity index (χ3v) is 6.75. The molecule has 6 heteroatoms. The summed E-state index contributed by atoms with van der Waals surface area (Å²) in [5.41, 5.74) is 0. The fourth-order valence-corrected chi connectivity index (χ4v) is 4.85. The Morgan fingerprint density at radius 1 is 0.750 bits per heavy atom. The molecule has 0 radical (unpaired) electrons. The fourth-order valence-electron chi connectivity index (χ4n) is 3.85. The second kappa shape index (κ2) is 16.8. The molecule has 0 aliphatic heterocycles. The standard InChI is InChI=1S/C22H45O5P/c1-2-3-4-5-6-7-8-9-10-11-12-13-14-15-20-26-28(24,25)27-22-18-16-21(23)17-19-22/h21-23H,2-20H2,1H3,(H,24,25). The maximum Gasteiger partial charge on any atom is 0.472 e. The van der Waals surface area contributed by atoms with Crippen molar-refractivity contribution in [1.82, 2.24) is 0 Å².